The van der Waals surface area contributed by atoms with Gasteiger partial charge in [-0.3, -0.25) is 19.4 Å². The van der Waals surface area contributed by atoms with Crippen molar-refractivity contribution in [3.8, 4) is 17.6 Å². The third-order valence-corrected chi connectivity index (χ3v) is 11.2. The average Bonchev–Trinajstić information content (AvgIpc) is 3.15. The second-order valence-corrected chi connectivity index (χ2v) is 16.4. The summed E-state index contributed by atoms with van der Waals surface area (Å²) in [7, 11) is 5.49. The fraction of sp³-hybridized carbons (Fsp3) is 0.543. The smallest absolute Gasteiger partial charge is 0.225 e. The van der Waals surface area contributed by atoms with Gasteiger partial charge in [-0.15, -0.1) is 0 Å². The summed E-state index contributed by atoms with van der Waals surface area (Å²) in [4.78, 5) is 31.7. The summed E-state index contributed by atoms with van der Waals surface area (Å²) >= 11 is 0. The van der Waals surface area contributed by atoms with E-state index in [-0.39, 0.29) is 35.8 Å². The second-order valence-electron chi connectivity index (χ2n) is 16.4. The number of hydrogen-bond donors (Lipinski definition) is 2. The fourth-order valence-corrected chi connectivity index (χ4v) is 7.84. The van der Waals surface area contributed by atoms with Crippen LogP contribution in [0.4, 0.5) is 5.69 Å². The molecule has 56 heavy (non-hydrogen) atoms. The highest BCUT2D eigenvalue weighted by Gasteiger charge is 2.37. The van der Waals surface area contributed by atoms with Crippen LogP contribution in [0.15, 0.2) is 60.7 Å². The highest BCUT2D eigenvalue weighted by atomic mass is 16.5. The summed E-state index contributed by atoms with van der Waals surface area (Å²) in [6.45, 7) is 13.6. The summed E-state index contributed by atoms with van der Waals surface area (Å²) in [6.07, 6.45) is 6.47. The number of ether oxygens (including phenoxy) is 2. The molecule has 2 saturated heterocycles. The van der Waals surface area contributed by atoms with E-state index in [1.165, 1.54) is 36.0 Å². The first kappa shape index (κ1) is 42.6. The minimum absolute atomic E-state index is 0.000859. The van der Waals surface area contributed by atoms with E-state index in [1.807, 2.05) is 32.0 Å². The van der Waals surface area contributed by atoms with Crippen LogP contribution in [0.1, 0.15) is 93.7 Å². The Balaban J connectivity index is 1.30. The number of carbonyl (C=O) groups is 2. The van der Waals surface area contributed by atoms with Crippen molar-refractivity contribution in [3.05, 3.63) is 88.5 Å². The molecule has 0 saturated carbocycles. The minimum atomic E-state index is -0.00366. The first-order valence-electron chi connectivity index (χ1n) is 20.6. The van der Waals surface area contributed by atoms with E-state index in [1.54, 1.807) is 14.1 Å². The Bertz CT molecular complexity index is 1780. The molecule has 2 heterocycles. The van der Waals surface area contributed by atoms with Gasteiger partial charge in [0.05, 0.1) is 30.1 Å². The average molecular weight is 765 g/mol. The van der Waals surface area contributed by atoms with E-state index in [4.69, 9.17) is 9.47 Å². The largest absolute Gasteiger partial charge is 0.494 e. The van der Waals surface area contributed by atoms with Crippen LogP contribution in [0.2, 0.25) is 0 Å². The Morgan fingerprint density at radius 3 is 2.20 bits per heavy atom. The molecular weight excluding hydrogens is 701 g/mol. The molecule has 5 rings (SSSR count). The third-order valence-electron chi connectivity index (χ3n) is 11.2. The standard InChI is InChI=1S/C46H64N6O4/c1-32(2)11-9-8-10-22-55-42-19-15-37(27-51-28-39(29-51)45(53)48-5)36(24-42)16-20-43(52-30-40(31-52)46(54)49-6)35-13-17-41(18-14-35)50(7)26-34-12-21-44(56-33(3)4)38(23-34)25-47/h12-15,17-19,21,23-24,32-33,39-40,43H,8-11,16,20,22,26-31H2,1-7H3,(H,48,53)(H,49,54). The van der Waals surface area contributed by atoms with Gasteiger partial charge in [0, 0.05) is 72.1 Å². The lowest BCUT2D eigenvalue weighted by Crippen LogP contribution is -2.54. The Morgan fingerprint density at radius 2 is 1.55 bits per heavy atom. The molecule has 0 bridgehead atoms. The number of hydrogen-bond acceptors (Lipinski definition) is 8. The highest BCUT2D eigenvalue weighted by Crippen LogP contribution is 2.35. The maximum atomic E-state index is 12.5. The molecule has 0 spiro atoms. The highest BCUT2D eigenvalue weighted by molar-refractivity contribution is 5.80. The molecular formula is C46H64N6O4. The van der Waals surface area contributed by atoms with Gasteiger partial charge < -0.3 is 25.0 Å². The van der Waals surface area contributed by atoms with E-state index in [0.29, 0.717) is 24.5 Å². The number of anilines is 1. The lowest BCUT2D eigenvalue weighted by Gasteiger charge is -2.44. The molecule has 3 aromatic rings. The molecule has 1 atom stereocenters. The molecule has 0 aromatic heterocycles. The van der Waals surface area contributed by atoms with Gasteiger partial charge in [-0.25, -0.2) is 0 Å². The molecule has 1 unspecified atom stereocenters. The normalized spacial score (nSPS) is 15.5. The summed E-state index contributed by atoms with van der Waals surface area (Å²) in [5, 5.41) is 15.4. The summed E-state index contributed by atoms with van der Waals surface area (Å²) in [6, 6.07) is 23.6. The van der Waals surface area contributed by atoms with Crippen LogP contribution in [0.5, 0.6) is 11.5 Å². The van der Waals surface area contributed by atoms with Crippen LogP contribution >= 0.6 is 0 Å². The van der Waals surface area contributed by atoms with Crippen molar-refractivity contribution in [1.29, 1.82) is 5.26 Å². The predicted octanol–water partition coefficient (Wildman–Crippen LogP) is 7.11. The number of nitrogens with one attached hydrogen (secondary N) is 2. The van der Waals surface area contributed by atoms with Crippen molar-refractivity contribution < 1.29 is 19.1 Å². The van der Waals surface area contributed by atoms with Gasteiger partial charge in [-0.2, -0.15) is 5.26 Å². The third kappa shape index (κ3) is 11.7. The van der Waals surface area contributed by atoms with Crippen LogP contribution in [-0.4, -0.2) is 81.6 Å². The van der Waals surface area contributed by atoms with Crippen LogP contribution in [-0.2, 0) is 29.1 Å². The maximum absolute atomic E-state index is 12.5. The summed E-state index contributed by atoms with van der Waals surface area (Å²) in [5.74, 6) is 2.52. The maximum Gasteiger partial charge on any atom is 0.225 e. The Kier molecular flexibility index (Phi) is 15.6. The number of benzene rings is 3. The summed E-state index contributed by atoms with van der Waals surface area (Å²) < 4.78 is 12.1. The van der Waals surface area contributed by atoms with Crippen molar-refractivity contribution in [2.45, 2.75) is 91.5 Å². The molecule has 302 valence electrons. The Hall–Kier alpha value is -4.59. The number of amides is 2. The zero-order chi connectivity index (χ0) is 40.2. The van der Waals surface area contributed by atoms with Crippen LogP contribution in [0.3, 0.4) is 0 Å². The van der Waals surface area contributed by atoms with Gasteiger partial charge in [0.25, 0.3) is 0 Å². The molecule has 2 aliphatic rings. The SMILES string of the molecule is CNC(=O)C1CN(Cc2ccc(OCCCCCC(C)C)cc2CCC(c2ccc(N(C)Cc3ccc(OC(C)C)c(C#N)c3)cc2)N2CC(C(=O)NC)C2)C1. The van der Waals surface area contributed by atoms with E-state index in [0.717, 1.165) is 74.9 Å². The van der Waals surface area contributed by atoms with Crippen LogP contribution in [0, 0.1) is 29.1 Å². The Morgan fingerprint density at radius 1 is 0.857 bits per heavy atom. The molecule has 2 fully saturated rings. The predicted molar refractivity (Wildman–Crippen MR) is 224 cm³/mol. The molecule has 10 nitrogen and oxygen atoms in total. The van der Waals surface area contributed by atoms with E-state index in [9.17, 15) is 14.9 Å². The van der Waals surface area contributed by atoms with Gasteiger partial charge in [-0.1, -0.05) is 57.4 Å². The second kappa shape index (κ2) is 20.5. The molecule has 2 aliphatic heterocycles. The van der Waals surface area contributed by atoms with E-state index < -0.39 is 0 Å². The number of unbranched alkanes of at least 4 members (excludes halogenated alkanes) is 2. The van der Waals surface area contributed by atoms with E-state index >= 15 is 0 Å². The number of aryl methyl sites for hydroxylation is 1. The number of nitrogens with zero attached hydrogens (tertiary/aromatic N) is 4. The van der Waals surface area contributed by atoms with Crippen molar-refractivity contribution in [3.63, 3.8) is 0 Å². The zero-order valence-corrected chi connectivity index (χ0v) is 34.8. The van der Waals surface area contributed by atoms with Gasteiger partial charge in [0.15, 0.2) is 0 Å². The van der Waals surface area contributed by atoms with Crippen LogP contribution in [0.25, 0.3) is 0 Å². The van der Waals surface area contributed by atoms with Gasteiger partial charge in [0.2, 0.25) is 11.8 Å². The monoisotopic (exact) mass is 764 g/mol. The van der Waals surface area contributed by atoms with Gasteiger partial charge in [0.1, 0.15) is 17.6 Å². The van der Waals surface area contributed by atoms with Crippen molar-refractivity contribution in [1.82, 2.24) is 20.4 Å². The van der Waals surface area contributed by atoms with Gasteiger partial charge in [-0.05, 0) is 97.7 Å². The number of rotatable bonds is 21. The number of carbonyl (C=O) groups excluding carboxylic acids is 2. The first-order valence-corrected chi connectivity index (χ1v) is 20.6. The van der Waals surface area contributed by atoms with Crippen molar-refractivity contribution >= 4 is 17.5 Å². The lowest BCUT2D eigenvalue weighted by atomic mass is 9.89. The molecule has 2 amide bonds. The Labute approximate surface area is 335 Å². The molecule has 0 aliphatic carbocycles. The number of likely N-dealkylation sites (tertiary alicyclic amines) is 2. The lowest BCUT2D eigenvalue weighted by molar-refractivity contribution is -0.131. The van der Waals surface area contributed by atoms with Crippen molar-refractivity contribution in [2.75, 3.05) is 58.8 Å². The molecule has 2 N–H and O–H groups in total. The van der Waals surface area contributed by atoms with Gasteiger partial charge >= 0.3 is 0 Å². The topological polar surface area (TPSA) is 110 Å². The quantitative estimate of drug-likeness (QED) is 0.111. The number of nitriles is 1. The van der Waals surface area contributed by atoms with E-state index in [2.05, 4.69) is 94.8 Å². The van der Waals surface area contributed by atoms with Crippen LogP contribution < -0.4 is 25.0 Å². The minimum Gasteiger partial charge on any atom is -0.494 e. The summed E-state index contributed by atoms with van der Waals surface area (Å²) in [5.41, 5.74) is 6.45. The molecule has 0 radical (unpaired) electrons. The molecule has 3 aromatic carbocycles. The van der Waals surface area contributed by atoms with Crippen molar-refractivity contribution in [2.24, 2.45) is 17.8 Å². The first-order chi connectivity index (χ1) is 27.0. The zero-order valence-electron chi connectivity index (χ0n) is 34.8. The fourth-order valence-electron chi connectivity index (χ4n) is 7.84. The molecule has 10 heteroatoms.